The Hall–Kier alpha value is -2.54. The number of esters is 1. The minimum absolute atomic E-state index is 0.215. The topological polar surface area (TPSA) is 61.2 Å². The number of benzene rings is 1. The highest BCUT2D eigenvalue weighted by atomic mass is 32.1. The summed E-state index contributed by atoms with van der Waals surface area (Å²) in [5.74, 6) is -1.08. The van der Waals surface area contributed by atoms with E-state index in [1.807, 2.05) is 6.92 Å². The van der Waals surface area contributed by atoms with Crippen LogP contribution in [0.4, 0.5) is 4.39 Å². The summed E-state index contributed by atoms with van der Waals surface area (Å²) in [6, 6.07) is 7.65. The predicted octanol–water partition coefficient (Wildman–Crippen LogP) is 3.28. The number of hydrogen-bond acceptors (Lipinski definition) is 5. The smallest absolute Gasteiger partial charge is 0.348 e. The molecule has 0 fully saturated rings. The molecular weight excluding hydrogens is 319 g/mol. The van der Waals surface area contributed by atoms with Gasteiger partial charge in [0.05, 0.1) is 11.4 Å². The van der Waals surface area contributed by atoms with Crippen molar-refractivity contribution < 1.29 is 18.7 Å². The molecule has 2 heterocycles. The van der Waals surface area contributed by atoms with Crippen LogP contribution < -0.4 is 0 Å². The van der Waals surface area contributed by atoms with Crippen LogP contribution in [-0.2, 0) is 9.53 Å². The number of halogens is 1. The fourth-order valence-corrected chi connectivity index (χ4v) is 3.22. The van der Waals surface area contributed by atoms with Gasteiger partial charge in [-0.15, -0.1) is 11.3 Å². The fraction of sp³-hybridized carbons (Fsp3) is 0.188. The lowest BCUT2D eigenvalue weighted by Gasteiger charge is -2.02. The second-order valence-electron chi connectivity index (χ2n) is 5.08. The maximum Gasteiger partial charge on any atom is 0.348 e. The van der Waals surface area contributed by atoms with Crippen molar-refractivity contribution in [3.8, 4) is 5.69 Å². The Morgan fingerprint density at radius 2 is 2.00 bits per heavy atom. The summed E-state index contributed by atoms with van der Waals surface area (Å²) in [5.41, 5.74) is 1.46. The number of nitrogens with zero attached hydrogens (tertiary/aromatic N) is 2. The Balaban J connectivity index is 2.00. The van der Waals surface area contributed by atoms with Gasteiger partial charge in [-0.1, -0.05) is 0 Å². The maximum atomic E-state index is 13.1. The Kier molecular flexibility index (Phi) is 3.96. The van der Waals surface area contributed by atoms with E-state index in [2.05, 4.69) is 5.10 Å². The molecule has 1 aromatic carbocycles. The molecule has 0 aliphatic rings. The van der Waals surface area contributed by atoms with Crippen molar-refractivity contribution in [2.75, 3.05) is 6.61 Å². The van der Waals surface area contributed by atoms with E-state index in [1.165, 1.54) is 30.4 Å². The van der Waals surface area contributed by atoms with Crippen molar-refractivity contribution in [3.05, 3.63) is 46.7 Å². The zero-order valence-corrected chi connectivity index (χ0v) is 13.3. The third kappa shape index (κ3) is 3.00. The number of rotatable bonds is 4. The Labute approximate surface area is 135 Å². The van der Waals surface area contributed by atoms with Gasteiger partial charge >= 0.3 is 5.97 Å². The Bertz CT molecular complexity index is 896. The first-order valence-electron chi connectivity index (χ1n) is 6.87. The van der Waals surface area contributed by atoms with Gasteiger partial charge in [-0.25, -0.2) is 13.9 Å². The van der Waals surface area contributed by atoms with E-state index < -0.39 is 5.97 Å². The van der Waals surface area contributed by atoms with Crippen LogP contribution in [0.2, 0.25) is 0 Å². The number of aryl methyl sites for hydroxylation is 1. The number of fused-ring (bicyclic) bond motifs is 1. The first-order chi connectivity index (χ1) is 11.0. The van der Waals surface area contributed by atoms with Gasteiger partial charge in [0, 0.05) is 5.39 Å². The molecule has 0 unspecified atom stereocenters. The average Bonchev–Trinajstić information content (AvgIpc) is 3.07. The van der Waals surface area contributed by atoms with Gasteiger partial charge in [-0.05, 0) is 44.2 Å². The molecule has 0 saturated carbocycles. The second kappa shape index (κ2) is 5.92. The number of Topliss-reactive ketones (excluding diaryl/α,β-unsaturated/α-hetero) is 1. The molecule has 0 aliphatic carbocycles. The van der Waals surface area contributed by atoms with E-state index in [1.54, 1.807) is 22.9 Å². The van der Waals surface area contributed by atoms with Crippen LogP contribution in [-0.4, -0.2) is 28.1 Å². The van der Waals surface area contributed by atoms with Crippen LogP contribution in [0.1, 0.15) is 22.3 Å². The molecule has 0 saturated heterocycles. The monoisotopic (exact) mass is 332 g/mol. The third-order valence-corrected chi connectivity index (χ3v) is 4.31. The number of carbonyl (C=O) groups excluding carboxylic acids is 2. The molecule has 0 bridgehead atoms. The van der Waals surface area contributed by atoms with Gasteiger partial charge in [-0.3, -0.25) is 4.79 Å². The summed E-state index contributed by atoms with van der Waals surface area (Å²) in [4.78, 5) is 24.0. The highest BCUT2D eigenvalue weighted by Gasteiger charge is 2.18. The molecule has 3 aromatic rings. The molecule has 0 atom stereocenters. The minimum Gasteiger partial charge on any atom is -0.454 e. The van der Waals surface area contributed by atoms with Gasteiger partial charge in [0.1, 0.15) is 22.1 Å². The van der Waals surface area contributed by atoms with Crippen molar-refractivity contribution in [2.45, 2.75) is 13.8 Å². The van der Waals surface area contributed by atoms with Gasteiger partial charge in [0.15, 0.2) is 5.78 Å². The van der Waals surface area contributed by atoms with Crippen molar-refractivity contribution in [3.63, 3.8) is 0 Å². The van der Waals surface area contributed by atoms with E-state index in [0.29, 0.717) is 10.6 Å². The van der Waals surface area contributed by atoms with Crippen molar-refractivity contribution in [1.29, 1.82) is 0 Å². The lowest BCUT2D eigenvalue weighted by molar-refractivity contribution is -0.120. The first kappa shape index (κ1) is 15.4. The molecule has 0 spiro atoms. The van der Waals surface area contributed by atoms with Gasteiger partial charge < -0.3 is 4.74 Å². The van der Waals surface area contributed by atoms with E-state index in [0.717, 1.165) is 15.9 Å². The van der Waals surface area contributed by atoms with E-state index >= 15 is 0 Å². The van der Waals surface area contributed by atoms with E-state index in [4.69, 9.17) is 4.74 Å². The van der Waals surface area contributed by atoms with Crippen LogP contribution in [0.5, 0.6) is 0 Å². The number of ketones is 1. The van der Waals surface area contributed by atoms with E-state index in [-0.39, 0.29) is 18.2 Å². The van der Waals surface area contributed by atoms with Crippen LogP contribution in [0, 0.1) is 12.7 Å². The molecule has 3 rings (SSSR count). The molecule has 2 aromatic heterocycles. The standard InChI is InChI=1S/C16H13FN2O3S/c1-9(20)8-22-16(21)14-7-13-10(2)18-19(15(13)23-14)12-5-3-11(17)4-6-12/h3-7H,8H2,1-2H3. The summed E-state index contributed by atoms with van der Waals surface area (Å²) < 4.78 is 19.7. The van der Waals surface area contributed by atoms with Crippen molar-refractivity contribution in [2.24, 2.45) is 0 Å². The lowest BCUT2D eigenvalue weighted by atomic mass is 10.3. The summed E-state index contributed by atoms with van der Waals surface area (Å²) in [5, 5.41) is 5.25. The quantitative estimate of drug-likeness (QED) is 0.688. The zero-order chi connectivity index (χ0) is 16.6. The number of carbonyl (C=O) groups is 2. The minimum atomic E-state index is -0.536. The molecule has 0 radical (unpaired) electrons. The lowest BCUT2D eigenvalue weighted by Crippen LogP contribution is -2.10. The zero-order valence-electron chi connectivity index (χ0n) is 12.5. The SMILES string of the molecule is CC(=O)COC(=O)c1cc2c(C)nn(-c3ccc(F)cc3)c2s1. The number of aromatic nitrogens is 2. The molecule has 0 N–H and O–H groups in total. The molecule has 7 heteroatoms. The molecular formula is C16H13FN2O3S. The number of ether oxygens (including phenoxy) is 1. The van der Waals surface area contributed by atoms with Crippen LogP contribution in [0.25, 0.3) is 15.9 Å². The molecule has 0 amide bonds. The largest absolute Gasteiger partial charge is 0.454 e. The summed E-state index contributed by atoms with van der Waals surface area (Å²) in [7, 11) is 0. The van der Waals surface area contributed by atoms with Crippen LogP contribution >= 0.6 is 11.3 Å². The fourth-order valence-electron chi connectivity index (χ4n) is 2.14. The van der Waals surface area contributed by atoms with Crippen molar-refractivity contribution >= 4 is 33.3 Å². The molecule has 118 valence electrons. The van der Waals surface area contributed by atoms with E-state index in [9.17, 15) is 14.0 Å². The Morgan fingerprint density at radius 3 is 2.65 bits per heavy atom. The maximum absolute atomic E-state index is 13.1. The van der Waals surface area contributed by atoms with Crippen LogP contribution in [0.3, 0.4) is 0 Å². The van der Waals surface area contributed by atoms with Crippen LogP contribution in [0.15, 0.2) is 30.3 Å². The molecule has 0 aliphatic heterocycles. The highest BCUT2D eigenvalue weighted by Crippen LogP contribution is 2.30. The van der Waals surface area contributed by atoms with Gasteiger partial charge in [-0.2, -0.15) is 5.10 Å². The summed E-state index contributed by atoms with van der Waals surface area (Å²) in [6.45, 7) is 2.95. The van der Waals surface area contributed by atoms with Crippen molar-refractivity contribution in [1.82, 2.24) is 9.78 Å². The normalized spacial score (nSPS) is 10.9. The number of hydrogen-bond donors (Lipinski definition) is 0. The highest BCUT2D eigenvalue weighted by molar-refractivity contribution is 7.20. The molecule has 5 nitrogen and oxygen atoms in total. The molecule has 23 heavy (non-hydrogen) atoms. The average molecular weight is 332 g/mol. The second-order valence-corrected chi connectivity index (χ2v) is 6.11. The predicted molar refractivity (Wildman–Crippen MR) is 84.6 cm³/mol. The van der Waals surface area contributed by atoms with Gasteiger partial charge in [0.2, 0.25) is 0 Å². The number of thiophene rings is 1. The third-order valence-electron chi connectivity index (χ3n) is 3.22. The van der Waals surface area contributed by atoms with Gasteiger partial charge in [0.25, 0.3) is 0 Å². The summed E-state index contributed by atoms with van der Waals surface area (Å²) >= 11 is 1.22. The first-order valence-corrected chi connectivity index (χ1v) is 7.69. The Morgan fingerprint density at radius 1 is 1.30 bits per heavy atom. The summed E-state index contributed by atoms with van der Waals surface area (Å²) in [6.07, 6.45) is 0.